The molecule has 0 spiro atoms. The third-order valence-corrected chi connectivity index (χ3v) is 3.40. The van der Waals surface area contributed by atoms with Crippen LogP contribution in [-0.4, -0.2) is 17.5 Å². The molecular formula is C18H20O2. The van der Waals surface area contributed by atoms with Gasteiger partial charge in [-0.25, -0.2) is 0 Å². The van der Waals surface area contributed by atoms with E-state index in [4.69, 9.17) is 5.11 Å². The molecule has 0 amide bonds. The summed E-state index contributed by atoms with van der Waals surface area (Å²) in [4.78, 5) is 11.9. The zero-order valence-corrected chi connectivity index (χ0v) is 11.8. The van der Waals surface area contributed by atoms with Gasteiger partial charge >= 0.3 is 0 Å². The van der Waals surface area contributed by atoms with Crippen LogP contribution in [0.25, 0.3) is 11.1 Å². The van der Waals surface area contributed by atoms with E-state index in [-0.39, 0.29) is 12.4 Å². The molecule has 1 N–H and O–H groups in total. The fraction of sp³-hybridized carbons (Fsp3) is 0.278. The Morgan fingerprint density at radius 1 is 0.900 bits per heavy atom. The number of ketones is 1. The molecule has 2 rings (SSSR count). The van der Waals surface area contributed by atoms with Crippen molar-refractivity contribution in [1.82, 2.24) is 0 Å². The first kappa shape index (κ1) is 14.5. The molecule has 0 atom stereocenters. The van der Waals surface area contributed by atoms with Crippen molar-refractivity contribution in [3.05, 3.63) is 59.7 Å². The van der Waals surface area contributed by atoms with E-state index >= 15 is 0 Å². The molecule has 2 aromatic rings. The van der Waals surface area contributed by atoms with Crippen LogP contribution in [-0.2, 0) is 0 Å². The number of carbonyl (C=O) groups is 1. The van der Waals surface area contributed by atoms with Gasteiger partial charge in [0.25, 0.3) is 0 Å². The second-order valence-corrected chi connectivity index (χ2v) is 5.05. The van der Waals surface area contributed by atoms with Crippen molar-refractivity contribution in [1.29, 1.82) is 0 Å². The number of hydrogen-bond donors (Lipinski definition) is 1. The van der Waals surface area contributed by atoms with Crippen molar-refractivity contribution in [3.8, 4) is 11.1 Å². The quantitative estimate of drug-likeness (QED) is 0.635. The largest absolute Gasteiger partial charge is 0.396 e. The van der Waals surface area contributed by atoms with E-state index in [1.807, 2.05) is 24.3 Å². The molecule has 20 heavy (non-hydrogen) atoms. The van der Waals surface area contributed by atoms with Gasteiger partial charge < -0.3 is 5.11 Å². The van der Waals surface area contributed by atoms with Crippen molar-refractivity contribution in [2.75, 3.05) is 6.61 Å². The Bertz CT molecular complexity index is 553. The fourth-order valence-corrected chi connectivity index (χ4v) is 2.14. The summed E-state index contributed by atoms with van der Waals surface area (Å²) >= 11 is 0. The van der Waals surface area contributed by atoms with Crippen LogP contribution in [0.4, 0.5) is 0 Å². The minimum Gasteiger partial charge on any atom is -0.396 e. The van der Waals surface area contributed by atoms with E-state index < -0.39 is 0 Å². The Morgan fingerprint density at radius 2 is 1.45 bits per heavy atom. The molecule has 0 heterocycles. The lowest BCUT2D eigenvalue weighted by Crippen LogP contribution is -1.99. The third-order valence-electron chi connectivity index (χ3n) is 3.40. The van der Waals surface area contributed by atoms with E-state index in [0.29, 0.717) is 12.8 Å². The Labute approximate surface area is 120 Å². The van der Waals surface area contributed by atoms with Crippen LogP contribution in [0, 0.1) is 6.92 Å². The van der Waals surface area contributed by atoms with Crippen molar-refractivity contribution >= 4 is 5.78 Å². The van der Waals surface area contributed by atoms with Crippen LogP contribution in [0.5, 0.6) is 0 Å². The lowest BCUT2D eigenvalue weighted by Gasteiger charge is -2.05. The summed E-state index contributed by atoms with van der Waals surface area (Å²) in [5.41, 5.74) is 4.27. The molecule has 0 saturated heterocycles. The number of unbranched alkanes of at least 4 members (excludes halogenated alkanes) is 1. The van der Waals surface area contributed by atoms with Gasteiger partial charge in [-0.2, -0.15) is 0 Å². The topological polar surface area (TPSA) is 37.3 Å². The normalized spacial score (nSPS) is 10.5. The van der Waals surface area contributed by atoms with E-state index in [0.717, 1.165) is 23.1 Å². The van der Waals surface area contributed by atoms with Crippen LogP contribution in [0.2, 0.25) is 0 Å². The first-order chi connectivity index (χ1) is 9.70. The zero-order valence-electron chi connectivity index (χ0n) is 11.8. The number of aliphatic hydroxyl groups is 1. The predicted octanol–water partition coefficient (Wildman–Crippen LogP) is 4.01. The van der Waals surface area contributed by atoms with E-state index in [1.54, 1.807) is 0 Å². The monoisotopic (exact) mass is 268 g/mol. The summed E-state index contributed by atoms with van der Waals surface area (Å²) in [7, 11) is 0. The average Bonchev–Trinajstić information content (AvgIpc) is 2.48. The Hall–Kier alpha value is -1.93. The summed E-state index contributed by atoms with van der Waals surface area (Å²) in [6.07, 6.45) is 1.94. The highest BCUT2D eigenvalue weighted by molar-refractivity contribution is 5.96. The van der Waals surface area contributed by atoms with Crippen LogP contribution in [0.15, 0.2) is 48.5 Å². The molecule has 0 radical (unpaired) electrons. The molecule has 0 bridgehead atoms. The summed E-state index contributed by atoms with van der Waals surface area (Å²) < 4.78 is 0. The number of hydrogen-bond acceptors (Lipinski definition) is 2. The molecule has 0 aromatic heterocycles. The van der Waals surface area contributed by atoms with Gasteiger partial charge in [-0.1, -0.05) is 54.1 Å². The lowest BCUT2D eigenvalue weighted by molar-refractivity contribution is 0.0977. The average molecular weight is 268 g/mol. The van der Waals surface area contributed by atoms with Gasteiger partial charge in [-0.3, -0.25) is 4.79 Å². The summed E-state index contributed by atoms with van der Waals surface area (Å²) in [5, 5.41) is 8.72. The molecule has 0 fully saturated rings. The SMILES string of the molecule is Cc1ccc(-c2ccc(C(=O)CCCCO)cc2)cc1. The molecule has 0 unspecified atom stereocenters. The molecule has 0 aliphatic rings. The Kier molecular flexibility index (Phi) is 5.08. The zero-order chi connectivity index (χ0) is 14.4. The number of rotatable bonds is 6. The maximum atomic E-state index is 11.9. The molecular weight excluding hydrogens is 248 g/mol. The first-order valence-electron chi connectivity index (χ1n) is 7.02. The third kappa shape index (κ3) is 3.78. The predicted molar refractivity (Wildman–Crippen MR) is 81.9 cm³/mol. The van der Waals surface area contributed by atoms with Crippen molar-refractivity contribution in [2.45, 2.75) is 26.2 Å². The number of carbonyl (C=O) groups excluding carboxylic acids is 1. The van der Waals surface area contributed by atoms with Crippen LogP contribution in [0.1, 0.15) is 35.2 Å². The smallest absolute Gasteiger partial charge is 0.162 e. The Balaban J connectivity index is 2.06. The molecule has 0 aliphatic heterocycles. The number of benzene rings is 2. The standard InChI is InChI=1S/C18H20O2/c1-14-5-7-15(8-6-14)16-9-11-17(12-10-16)18(20)4-2-3-13-19/h5-12,19H,2-4,13H2,1H3. The molecule has 104 valence electrons. The Morgan fingerprint density at radius 3 is 2.00 bits per heavy atom. The van der Waals surface area contributed by atoms with Gasteiger partial charge in [-0.05, 0) is 30.9 Å². The molecule has 2 aromatic carbocycles. The second kappa shape index (κ2) is 7.01. The van der Waals surface area contributed by atoms with E-state index in [2.05, 4.69) is 31.2 Å². The number of aryl methyl sites for hydroxylation is 1. The van der Waals surface area contributed by atoms with Crippen molar-refractivity contribution in [2.24, 2.45) is 0 Å². The number of aliphatic hydroxyl groups excluding tert-OH is 1. The fourth-order valence-electron chi connectivity index (χ4n) is 2.14. The first-order valence-corrected chi connectivity index (χ1v) is 7.02. The van der Waals surface area contributed by atoms with Crippen LogP contribution >= 0.6 is 0 Å². The van der Waals surface area contributed by atoms with Gasteiger partial charge in [0, 0.05) is 18.6 Å². The van der Waals surface area contributed by atoms with Crippen LogP contribution in [0.3, 0.4) is 0 Å². The lowest BCUT2D eigenvalue weighted by atomic mass is 10.00. The van der Waals surface area contributed by atoms with Gasteiger partial charge in [0.1, 0.15) is 0 Å². The minimum atomic E-state index is 0.147. The maximum Gasteiger partial charge on any atom is 0.162 e. The minimum absolute atomic E-state index is 0.147. The van der Waals surface area contributed by atoms with Crippen molar-refractivity contribution in [3.63, 3.8) is 0 Å². The van der Waals surface area contributed by atoms with Gasteiger partial charge in [0.05, 0.1) is 0 Å². The van der Waals surface area contributed by atoms with Crippen LogP contribution < -0.4 is 0 Å². The van der Waals surface area contributed by atoms with Gasteiger partial charge in [-0.15, -0.1) is 0 Å². The molecule has 2 heteroatoms. The number of Topliss-reactive ketones (excluding diaryl/α,β-unsaturated/α-hetero) is 1. The van der Waals surface area contributed by atoms with Gasteiger partial charge in [0.15, 0.2) is 5.78 Å². The highest BCUT2D eigenvalue weighted by Crippen LogP contribution is 2.20. The highest BCUT2D eigenvalue weighted by Gasteiger charge is 2.05. The van der Waals surface area contributed by atoms with E-state index in [1.165, 1.54) is 5.56 Å². The highest BCUT2D eigenvalue weighted by atomic mass is 16.2. The maximum absolute atomic E-state index is 11.9. The van der Waals surface area contributed by atoms with E-state index in [9.17, 15) is 4.79 Å². The molecule has 0 saturated carbocycles. The van der Waals surface area contributed by atoms with Gasteiger partial charge in [0.2, 0.25) is 0 Å². The molecule has 2 nitrogen and oxygen atoms in total. The molecule has 0 aliphatic carbocycles. The summed E-state index contributed by atoms with van der Waals surface area (Å²) in [5.74, 6) is 0.147. The second-order valence-electron chi connectivity index (χ2n) is 5.05. The summed E-state index contributed by atoms with van der Waals surface area (Å²) in [6, 6.07) is 16.1. The summed E-state index contributed by atoms with van der Waals surface area (Å²) in [6.45, 7) is 2.22. The van der Waals surface area contributed by atoms with Crippen molar-refractivity contribution < 1.29 is 9.90 Å².